The fraction of sp³-hybridized carbons (Fsp3) is 0.429. The maximum atomic E-state index is 5.91. The molecule has 0 bridgehead atoms. The van der Waals surface area contributed by atoms with E-state index >= 15 is 0 Å². The largest absolute Gasteiger partial charge is 0.490 e. The molecule has 1 heterocycles. The minimum absolute atomic E-state index is 0.260. The van der Waals surface area contributed by atoms with Crippen LogP contribution in [0.3, 0.4) is 0 Å². The van der Waals surface area contributed by atoms with Crippen LogP contribution in [0.1, 0.15) is 31.6 Å². The minimum Gasteiger partial charge on any atom is -0.490 e. The fourth-order valence-corrected chi connectivity index (χ4v) is 2.33. The second-order valence-corrected chi connectivity index (χ2v) is 4.75. The third-order valence-electron chi connectivity index (χ3n) is 3.35. The summed E-state index contributed by atoms with van der Waals surface area (Å²) in [6.45, 7) is 0.260. The van der Waals surface area contributed by atoms with Gasteiger partial charge in [0.1, 0.15) is 5.75 Å². The maximum absolute atomic E-state index is 5.91. The van der Waals surface area contributed by atoms with Crippen LogP contribution < -0.4 is 10.5 Å². The summed E-state index contributed by atoms with van der Waals surface area (Å²) in [6.07, 6.45) is 5.23. The average Bonchev–Trinajstić information content (AvgIpc) is 3.10. The summed E-state index contributed by atoms with van der Waals surface area (Å²) in [5.74, 6) is 1.84. The van der Waals surface area contributed by atoms with Crippen molar-refractivity contribution in [1.29, 1.82) is 0 Å². The molecular formula is C14H17N3O2. The van der Waals surface area contributed by atoms with Crippen LogP contribution in [-0.4, -0.2) is 16.3 Å². The summed E-state index contributed by atoms with van der Waals surface area (Å²) in [5, 5.41) is 7.80. The number of benzene rings is 1. The van der Waals surface area contributed by atoms with Crippen LogP contribution in [0.15, 0.2) is 28.7 Å². The van der Waals surface area contributed by atoms with E-state index in [9.17, 15) is 0 Å². The number of nitrogens with zero attached hydrogens (tertiary/aromatic N) is 2. The fourth-order valence-electron chi connectivity index (χ4n) is 2.33. The highest BCUT2D eigenvalue weighted by atomic mass is 16.5. The number of aromatic nitrogens is 2. The first-order chi connectivity index (χ1) is 9.35. The Morgan fingerprint density at radius 1 is 1.16 bits per heavy atom. The van der Waals surface area contributed by atoms with Crippen LogP contribution in [-0.2, 0) is 6.54 Å². The van der Waals surface area contributed by atoms with E-state index < -0.39 is 0 Å². The van der Waals surface area contributed by atoms with Gasteiger partial charge in [0, 0.05) is 5.56 Å². The van der Waals surface area contributed by atoms with Gasteiger partial charge in [-0.2, -0.15) is 0 Å². The van der Waals surface area contributed by atoms with E-state index in [4.69, 9.17) is 14.9 Å². The van der Waals surface area contributed by atoms with Crippen LogP contribution in [0.2, 0.25) is 0 Å². The molecule has 5 nitrogen and oxygen atoms in total. The molecule has 1 fully saturated rings. The monoisotopic (exact) mass is 259 g/mol. The first-order valence-electron chi connectivity index (χ1n) is 6.64. The summed E-state index contributed by atoms with van der Waals surface area (Å²) in [4.78, 5) is 0. The Kier molecular flexibility index (Phi) is 3.46. The summed E-state index contributed by atoms with van der Waals surface area (Å²) < 4.78 is 11.3. The molecular weight excluding hydrogens is 242 g/mol. The van der Waals surface area contributed by atoms with Gasteiger partial charge in [-0.3, -0.25) is 0 Å². The second-order valence-electron chi connectivity index (χ2n) is 4.75. The average molecular weight is 259 g/mol. The molecule has 0 atom stereocenters. The SMILES string of the molecule is NCc1nnc(-c2ccc(OC3CCCC3)cc2)o1. The Balaban J connectivity index is 1.70. The van der Waals surface area contributed by atoms with E-state index in [1.54, 1.807) is 0 Å². The highest BCUT2D eigenvalue weighted by Gasteiger charge is 2.16. The Labute approximate surface area is 111 Å². The van der Waals surface area contributed by atoms with Crippen LogP contribution in [0.25, 0.3) is 11.5 Å². The van der Waals surface area contributed by atoms with Gasteiger partial charge in [-0.05, 0) is 49.9 Å². The van der Waals surface area contributed by atoms with Gasteiger partial charge in [0.25, 0.3) is 0 Å². The van der Waals surface area contributed by atoms with Crippen molar-refractivity contribution >= 4 is 0 Å². The molecule has 1 aromatic carbocycles. The van der Waals surface area contributed by atoms with Crippen molar-refractivity contribution < 1.29 is 9.15 Å². The number of ether oxygens (including phenoxy) is 1. The van der Waals surface area contributed by atoms with Crippen molar-refractivity contribution in [2.24, 2.45) is 5.73 Å². The molecule has 0 unspecified atom stereocenters. The van der Waals surface area contributed by atoms with Gasteiger partial charge >= 0.3 is 0 Å². The Morgan fingerprint density at radius 2 is 1.89 bits per heavy atom. The molecule has 0 amide bonds. The van der Waals surface area contributed by atoms with Gasteiger partial charge in [0.2, 0.25) is 11.8 Å². The molecule has 5 heteroatoms. The van der Waals surface area contributed by atoms with Gasteiger partial charge < -0.3 is 14.9 Å². The summed E-state index contributed by atoms with van der Waals surface area (Å²) in [6, 6.07) is 7.75. The highest BCUT2D eigenvalue weighted by molar-refractivity contribution is 5.53. The molecule has 2 aromatic rings. The van der Waals surface area contributed by atoms with Crippen molar-refractivity contribution in [3.05, 3.63) is 30.2 Å². The summed E-state index contributed by atoms with van der Waals surface area (Å²) in [5.41, 5.74) is 6.32. The Morgan fingerprint density at radius 3 is 2.53 bits per heavy atom. The molecule has 1 aliphatic carbocycles. The Bertz CT molecular complexity index is 530. The minimum atomic E-state index is 0.260. The number of nitrogens with two attached hydrogens (primary N) is 1. The molecule has 1 saturated carbocycles. The molecule has 1 aliphatic rings. The first kappa shape index (κ1) is 12.2. The molecule has 3 rings (SSSR count). The van der Waals surface area contributed by atoms with Crippen molar-refractivity contribution in [3.8, 4) is 17.2 Å². The van der Waals surface area contributed by atoms with E-state index in [0.29, 0.717) is 17.9 Å². The van der Waals surface area contributed by atoms with Gasteiger partial charge in [-0.15, -0.1) is 10.2 Å². The zero-order chi connectivity index (χ0) is 13.1. The maximum Gasteiger partial charge on any atom is 0.247 e. The quantitative estimate of drug-likeness (QED) is 0.913. The van der Waals surface area contributed by atoms with E-state index in [2.05, 4.69) is 10.2 Å². The topological polar surface area (TPSA) is 74.2 Å². The molecule has 100 valence electrons. The third kappa shape index (κ3) is 2.76. The predicted molar refractivity (Wildman–Crippen MR) is 70.5 cm³/mol. The van der Waals surface area contributed by atoms with Crippen LogP contribution in [0, 0.1) is 0 Å². The van der Waals surface area contributed by atoms with Crippen molar-refractivity contribution in [1.82, 2.24) is 10.2 Å². The lowest BCUT2D eigenvalue weighted by molar-refractivity contribution is 0.210. The van der Waals surface area contributed by atoms with Gasteiger partial charge in [0.05, 0.1) is 12.6 Å². The van der Waals surface area contributed by atoms with Crippen LogP contribution in [0.4, 0.5) is 0 Å². The number of hydrogen-bond donors (Lipinski definition) is 1. The lowest BCUT2D eigenvalue weighted by atomic mass is 10.2. The van der Waals surface area contributed by atoms with Crippen molar-refractivity contribution in [3.63, 3.8) is 0 Å². The van der Waals surface area contributed by atoms with Gasteiger partial charge in [0.15, 0.2) is 0 Å². The van der Waals surface area contributed by atoms with E-state index in [1.807, 2.05) is 24.3 Å². The van der Waals surface area contributed by atoms with Gasteiger partial charge in [-0.1, -0.05) is 0 Å². The summed E-state index contributed by atoms with van der Waals surface area (Å²) in [7, 11) is 0. The first-order valence-corrected chi connectivity index (χ1v) is 6.64. The van der Waals surface area contributed by atoms with Gasteiger partial charge in [-0.25, -0.2) is 0 Å². The number of rotatable bonds is 4. The standard InChI is InChI=1S/C14H17N3O2/c15-9-13-16-17-14(19-13)10-5-7-12(8-6-10)18-11-3-1-2-4-11/h5-8,11H,1-4,9,15H2. The normalized spacial score (nSPS) is 15.8. The number of hydrogen-bond acceptors (Lipinski definition) is 5. The Hall–Kier alpha value is -1.88. The highest BCUT2D eigenvalue weighted by Crippen LogP contribution is 2.26. The van der Waals surface area contributed by atoms with E-state index in [0.717, 1.165) is 24.2 Å². The van der Waals surface area contributed by atoms with Crippen molar-refractivity contribution in [2.75, 3.05) is 0 Å². The lowest BCUT2D eigenvalue weighted by Gasteiger charge is -2.12. The molecule has 0 saturated heterocycles. The molecule has 19 heavy (non-hydrogen) atoms. The lowest BCUT2D eigenvalue weighted by Crippen LogP contribution is -2.10. The zero-order valence-electron chi connectivity index (χ0n) is 10.7. The van der Waals surface area contributed by atoms with Crippen LogP contribution >= 0.6 is 0 Å². The van der Waals surface area contributed by atoms with E-state index in [1.165, 1.54) is 12.8 Å². The third-order valence-corrected chi connectivity index (χ3v) is 3.35. The van der Waals surface area contributed by atoms with Crippen molar-refractivity contribution in [2.45, 2.75) is 38.3 Å². The molecule has 0 spiro atoms. The molecule has 1 aromatic heterocycles. The van der Waals surface area contributed by atoms with Crippen LogP contribution in [0.5, 0.6) is 5.75 Å². The van der Waals surface area contributed by atoms with E-state index in [-0.39, 0.29) is 6.54 Å². The molecule has 0 aliphatic heterocycles. The smallest absolute Gasteiger partial charge is 0.247 e. The summed E-state index contributed by atoms with van der Waals surface area (Å²) >= 11 is 0. The predicted octanol–water partition coefficient (Wildman–Crippen LogP) is 2.52. The molecule has 0 radical (unpaired) electrons. The zero-order valence-corrected chi connectivity index (χ0v) is 10.7. The second kappa shape index (κ2) is 5.40. The molecule has 2 N–H and O–H groups in total.